The van der Waals surface area contributed by atoms with E-state index in [0.29, 0.717) is 0 Å². The van der Waals surface area contributed by atoms with Crippen LogP contribution in [-0.2, 0) is 28.4 Å². The summed E-state index contributed by atoms with van der Waals surface area (Å²) in [5.74, 6) is -4.84. The number of rotatable bonds is 28. The van der Waals surface area contributed by atoms with Crippen LogP contribution in [0.15, 0.2) is 127 Å². The number of ether oxygens (including phenoxy) is 6. The molecule has 2 rings (SSSR count). The van der Waals surface area contributed by atoms with Gasteiger partial charge in [0.15, 0.2) is 5.60 Å². The van der Waals surface area contributed by atoms with Crippen molar-refractivity contribution >= 4 is 0 Å². The quantitative estimate of drug-likeness (QED) is 0.0699. The molecule has 5 N–H and O–H groups in total. The minimum absolute atomic E-state index is 0.0116. The van der Waals surface area contributed by atoms with Crippen LogP contribution in [0.5, 0.6) is 0 Å². The minimum Gasteiger partial charge on any atom is -0.394 e. The Morgan fingerprint density at radius 1 is 0.623 bits per heavy atom. The van der Waals surface area contributed by atoms with Crippen LogP contribution >= 0.6 is 0 Å². The van der Waals surface area contributed by atoms with Crippen LogP contribution in [0, 0.1) is 0 Å². The molecule has 2 saturated heterocycles. The first-order valence-corrected chi connectivity index (χ1v) is 17.7. The standard InChI is InChI=1S/C42H62O11/c1-11-21-36(22-12-2,48-28-18-8)39(24-14-4)40(25-15-5,49-29-19-9)38(47,23-13-3)41(26-16-6,50-30-20-10)42(53-39,27-17-7)52-37(32-44)35(46)34(45)33(31-43)51-37/h11-20,33-35,43-47H,1-10,21-32H2/t33-,34-,35+,37?,38+,39-,40+,41-,42-/m1/s1. The van der Waals surface area contributed by atoms with Crippen molar-refractivity contribution in [1.29, 1.82) is 0 Å². The average molecular weight is 743 g/mol. The van der Waals surface area contributed by atoms with Gasteiger partial charge in [-0.3, -0.25) is 0 Å². The lowest BCUT2D eigenvalue weighted by Crippen LogP contribution is -2.92. The summed E-state index contributed by atoms with van der Waals surface area (Å²) in [4.78, 5) is 0. The molecule has 0 radical (unpaired) electrons. The summed E-state index contributed by atoms with van der Waals surface area (Å²) in [6, 6.07) is 0. The van der Waals surface area contributed by atoms with Crippen molar-refractivity contribution in [3.05, 3.63) is 127 Å². The summed E-state index contributed by atoms with van der Waals surface area (Å²) in [5.41, 5.74) is -9.88. The molecular weight excluding hydrogens is 680 g/mol. The lowest BCUT2D eigenvalue weighted by molar-refractivity contribution is -0.523. The van der Waals surface area contributed by atoms with Gasteiger partial charge in [-0.25, -0.2) is 0 Å². The average Bonchev–Trinajstić information content (AvgIpc) is 3.38. The highest BCUT2D eigenvalue weighted by molar-refractivity contribution is 5.37. The molecule has 1 unspecified atom stereocenters. The molecule has 0 bridgehead atoms. The van der Waals surface area contributed by atoms with Gasteiger partial charge >= 0.3 is 0 Å². The van der Waals surface area contributed by atoms with Gasteiger partial charge in [0.1, 0.15) is 47.3 Å². The van der Waals surface area contributed by atoms with Gasteiger partial charge in [0.25, 0.3) is 0 Å². The Balaban J connectivity index is 3.59. The van der Waals surface area contributed by atoms with E-state index >= 15 is 0 Å². The van der Waals surface area contributed by atoms with Gasteiger partial charge in [0.2, 0.25) is 11.6 Å². The fourth-order valence-electron chi connectivity index (χ4n) is 8.47. The van der Waals surface area contributed by atoms with Crippen molar-refractivity contribution in [2.75, 3.05) is 33.0 Å². The molecule has 53 heavy (non-hydrogen) atoms. The highest BCUT2D eigenvalue weighted by atomic mass is 16.8. The first kappa shape index (κ1) is 46.1. The van der Waals surface area contributed by atoms with Gasteiger partial charge < -0.3 is 54.0 Å². The molecule has 2 aliphatic heterocycles. The zero-order valence-electron chi connectivity index (χ0n) is 31.2. The third kappa shape index (κ3) is 7.38. The first-order valence-electron chi connectivity index (χ1n) is 17.7. The molecule has 2 fully saturated rings. The largest absolute Gasteiger partial charge is 0.394 e. The van der Waals surface area contributed by atoms with Gasteiger partial charge in [0.05, 0.1) is 26.4 Å². The summed E-state index contributed by atoms with van der Waals surface area (Å²) in [6.45, 7) is 37.9. The predicted octanol–water partition coefficient (Wildman–Crippen LogP) is 4.86. The van der Waals surface area contributed by atoms with E-state index in [1.165, 1.54) is 30.4 Å². The first-order chi connectivity index (χ1) is 25.3. The Hall–Kier alpha value is -3.04. The molecule has 0 aromatic carbocycles. The second-order valence-corrected chi connectivity index (χ2v) is 13.3. The van der Waals surface area contributed by atoms with Gasteiger partial charge in [-0.05, 0) is 19.3 Å². The van der Waals surface area contributed by atoms with E-state index < -0.39 is 71.1 Å². The fraction of sp³-hybridized carbons (Fsp3) is 0.524. The number of aliphatic hydroxyl groups excluding tert-OH is 4. The second-order valence-electron chi connectivity index (χ2n) is 13.3. The monoisotopic (exact) mass is 742 g/mol. The van der Waals surface area contributed by atoms with E-state index in [9.17, 15) is 25.5 Å². The molecule has 0 aliphatic carbocycles. The van der Waals surface area contributed by atoms with E-state index in [2.05, 4.69) is 65.8 Å². The predicted molar refractivity (Wildman–Crippen MR) is 207 cm³/mol. The number of aliphatic hydroxyl groups is 5. The van der Waals surface area contributed by atoms with E-state index in [1.807, 2.05) is 0 Å². The van der Waals surface area contributed by atoms with Crippen molar-refractivity contribution in [2.24, 2.45) is 0 Å². The van der Waals surface area contributed by atoms with E-state index in [0.717, 1.165) is 0 Å². The Morgan fingerprint density at radius 3 is 1.57 bits per heavy atom. The smallest absolute Gasteiger partial charge is 0.224 e. The highest BCUT2D eigenvalue weighted by Crippen LogP contribution is 2.68. The lowest BCUT2D eigenvalue weighted by Gasteiger charge is -2.74. The number of hydrogen-bond acceptors (Lipinski definition) is 11. The van der Waals surface area contributed by atoms with Crippen LogP contribution in [-0.4, -0.2) is 116 Å². The third-order valence-corrected chi connectivity index (χ3v) is 10.4. The van der Waals surface area contributed by atoms with Crippen molar-refractivity contribution in [2.45, 2.75) is 103 Å². The lowest BCUT2D eigenvalue weighted by atomic mass is 9.49. The van der Waals surface area contributed by atoms with Crippen LogP contribution < -0.4 is 0 Å². The van der Waals surface area contributed by atoms with Crippen LogP contribution in [0.3, 0.4) is 0 Å². The topological polar surface area (TPSA) is 157 Å². The molecule has 2 aliphatic rings. The minimum atomic E-state index is -2.48. The Bertz CT molecular complexity index is 1320. The number of hydrogen-bond donors (Lipinski definition) is 5. The molecule has 0 saturated carbocycles. The van der Waals surface area contributed by atoms with E-state index in [4.69, 9.17) is 28.4 Å². The van der Waals surface area contributed by atoms with E-state index in [-0.39, 0.29) is 64.8 Å². The molecule has 296 valence electrons. The van der Waals surface area contributed by atoms with Crippen molar-refractivity contribution < 1.29 is 54.0 Å². The molecule has 11 nitrogen and oxygen atoms in total. The Labute approximate surface area is 315 Å². The summed E-state index contributed by atoms with van der Waals surface area (Å²) in [6.07, 6.45) is 9.48. The van der Waals surface area contributed by atoms with Crippen LogP contribution in [0.25, 0.3) is 0 Å². The second kappa shape index (κ2) is 19.5. The van der Waals surface area contributed by atoms with Gasteiger partial charge in [-0.2, -0.15) is 0 Å². The zero-order valence-corrected chi connectivity index (χ0v) is 31.2. The normalized spacial score (nSPS) is 35.5. The summed E-state index contributed by atoms with van der Waals surface area (Å²) >= 11 is 0. The molecular formula is C42H62O11. The molecule has 9 atom stereocenters. The van der Waals surface area contributed by atoms with Crippen LogP contribution in [0.1, 0.15) is 44.9 Å². The Morgan fingerprint density at radius 2 is 1.13 bits per heavy atom. The fourth-order valence-corrected chi connectivity index (χ4v) is 8.47. The summed E-state index contributed by atoms with van der Waals surface area (Å²) in [5, 5.41) is 58.0. The van der Waals surface area contributed by atoms with Crippen molar-refractivity contribution in [3.63, 3.8) is 0 Å². The molecule has 2 heterocycles. The maximum absolute atomic E-state index is 14.2. The molecule has 0 aromatic heterocycles. The highest BCUT2D eigenvalue weighted by Gasteiger charge is 2.86. The molecule has 11 heteroatoms. The Kier molecular flexibility index (Phi) is 17.0. The van der Waals surface area contributed by atoms with Crippen LogP contribution in [0.4, 0.5) is 0 Å². The third-order valence-electron chi connectivity index (χ3n) is 10.4. The maximum Gasteiger partial charge on any atom is 0.224 e. The molecule has 0 aromatic rings. The summed E-state index contributed by atoms with van der Waals surface area (Å²) in [7, 11) is 0. The summed E-state index contributed by atoms with van der Waals surface area (Å²) < 4.78 is 41.1. The van der Waals surface area contributed by atoms with Gasteiger partial charge in [-0.1, -0.05) is 60.8 Å². The van der Waals surface area contributed by atoms with Crippen LogP contribution in [0.2, 0.25) is 0 Å². The van der Waals surface area contributed by atoms with E-state index in [1.54, 1.807) is 30.4 Å². The maximum atomic E-state index is 14.2. The van der Waals surface area contributed by atoms with Gasteiger partial charge in [-0.15, -0.1) is 65.8 Å². The van der Waals surface area contributed by atoms with Crippen molar-refractivity contribution in [3.8, 4) is 0 Å². The van der Waals surface area contributed by atoms with Gasteiger partial charge in [0, 0.05) is 25.7 Å². The zero-order chi connectivity index (χ0) is 40.0. The molecule has 0 spiro atoms. The SMILES string of the molecule is C=CCOC(CC=C)(CC=C)[C@@]1(CC=C)O[C@@](CC=C)(OC2(CO)O[C@H](CO)[C@@H](O)[C@@H]2O)[C@](CC=C)(OCC=C)[C@](O)(CC=C)[C@]1(CC=C)OCC=C. The van der Waals surface area contributed by atoms with Crippen molar-refractivity contribution in [1.82, 2.24) is 0 Å². The molecule has 0 amide bonds.